The van der Waals surface area contributed by atoms with Gasteiger partial charge >= 0.3 is 5.97 Å². The minimum Gasteiger partial charge on any atom is -0.478 e. The maximum Gasteiger partial charge on any atom is 0.337 e. The summed E-state index contributed by atoms with van der Waals surface area (Å²) < 4.78 is 0. The number of hydrogen-bond donors (Lipinski definition) is 2. The summed E-state index contributed by atoms with van der Waals surface area (Å²) in [6.07, 6.45) is 5.02. The maximum absolute atomic E-state index is 10.4. The summed E-state index contributed by atoms with van der Waals surface area (Å²) in [6.45, 7) is 4.00. The van der Waals surface area contributed by atoms with E-state index in [0.29, 0.717) is 5.70 Å². The van der Waals surface area contributed by atoms with Crippen LogP contribution in [0.2, 0.25) is 0 Å². The lowest BCUT2D eigenvalue weighted by molar-refractivity contribution is -0.132. The largest absolute Gasteiger partial charge is 0.478 e. The number of carbonyl (C=O) groups is 1. The fourth-order valence-electron chi connectivity index (χ4n) is 0.905. The highest BCUT2D eigenvalue weighted by atomic mass is 16.4. The van der Waals surface area contributed by atoms with Crippen molar-refractivity contribution in [2.24, 2.45) is 5.73 Å². The number of rotatable bonds is 1. The van der Waals surface area contributed by atoms with Gasteiger partial charge in [0.05, 0.1) is 5.57 Å². The lowest BCUT2D eigenvalue weighted by Gasteiger charge is -2.06. The van der Waals surface area contributed by atoms with E-state index < -0.39 is 5.97 Å². The molecule has 0 spiro atoms. The standard InChI is InChI=1S/C7H9NO2.C2H6/c8-6-4-2-1-3-5(6)7(9)10;1-2/h3-4H,1-2,8H2,(H,9,10);1-2H3. The predicted octanol–water partition coefficient (Wildman–Crippen LogP) is 1.66. The summed E-state index contributed by atoms with van der Waals surface area (Å²) in [7, 11) is 0. The van der Waals surface area contributed by atoms with Crippen LogP contribution < -0.4 is 5.73 Å². The molecule has 3 N–H and O–H groups in total. The van der Waals surface area contributed by atoms with E-state index in [1.165, 1.54) is 0 Å². The second-order valence-corrected chi connectivity index (χ2v) is 2.16. The van der Waals surface area contributed by atoms with Gasteiger partial charge in [0.2, 0.25) is 0 Å². The van der Waals surface area contributed by atoms with Gasteiger partial charge < -0.3 is 10.8 Å². The number of allylic oxidation sites excluding steroid dienone is 2. The van der Waals surface area contributed by atoms with Crippen molar-refractivity contribution >= 4 is 5.97 Å². The Balaban J connectivity index is 0.000000561. The van der Waals surface area contributed by atoms with Gasteiger partial charge in [0.25, 0.3) is 0 Å². The molecule has 0 radical (unpaired) electrons. The normalized spacial score (nSPS) is 15.2. The summed E-state index contributed by atoms with van der Waals surface area (Å²) >= 11 is 0. The summed E-state index contributed by atoms with van der Waals surface area (Å²) in [4.78, 5) is 10.4. The Kier molecular flexibility index (Phi) is 4.84. The Morgan fingerprint density at radius 2 is 1.92 bits per heavy atom. The molecule has 1 rings (SSSR count). The zero-order valence-corrected chi connectivity index (χ0v) is 7.50. The number of aliphatic carboxylic acids is 1. The third-order valence-corrected chi connectivity index (χ3v) is 1.42. The van der Waals surface area contributed by atoms with Crippen LogP contribution in [-0.2, 0) is 4.79 Å². The molecule has 0 amide bonds. The molecule has 0 aromatic heterocycles. The van der Waals surface area contributed by atoms with Gasteiger partial charge in [-0.2, -0.15) is 0 Å². The fourth-order valence-corrected chi connectivity index (χ4v) is 0.905. The Hall–Kier alpha value is -1.25. The highest BCUT2D eigenvalue weighted by Crippen LogP contribution is 2.13. The average molecular weight is 169 g/mol. The second-order valence-electron chi connectivity index (χ2n) is 2.16. The zero-order valence-electron chi connectivity index (χ0n) is 7.50. The summed E-state index contributed by atoms with van der Waals surface area (Å²) in [6, 6.07) is 0. The van der Waals surface area contributed by atoms with E-state index in [-0.39, 0.29) is 5.57 Å². The molecule has 0 unspecified atom stereocenters. The molecule has 1 aliphatic rings. The molecule has 0 atom stereocenters. The van der Waals surface area contributed by atoms with E-state index in [9.17, 15) is 4.79 Å². The van der Waals surface area contributed by atoms with Crippen LogP contribution in [0.5, 0.6) is 0 Å². The summed E-state index contributed by atoms with van der Waals surface area (Å²) in [5.74, 6) is -0.937. The van der Waals surface area contributed by atoms with Crippen molar-refractivity contribution in [1.29, 1.82) is 0 Å². The zero-order chi connectivity index (χ0) is 9.56. The Labute approximate surface area is 72.6 Å². The van der Waals surface area contributed by atoms with E-state index in [1.807, 2.05) is 13.8 Å². The van der Waals surface area contributed by atoms with Gasteiger partial charge in [-0.25, -0.2) is 4.79 Å². The molecule has 0 aromatic carbocycles. The lowest BCUT2D eigenvalue weighted by Crippen LogP contribution is -2.12. The molecule has 0 saturated heterocycles. The second kappa shape index (κ2) is 5.41. The first-order valence-electron chi connectivity index (χ1n) is 4.11. The van der Waals surface area contributed by atoms with E-state index >= 15 is 0 Å². The molecule has 0 fully saturated rings. The number of carboxylic acid groups (broad SMARTS) is 1. The van der Waals surface area contributed by atoms with Crippen LogP contribution in [0.25, 0.3) is 0 Å². The van der Waals surface area contributed by atoms with Gasteiger partial charge in [-0.15, -0.1) is 0 Å². The van der Waals surface area contributed by atoms with Crippen molar-refractivity contribution in [2.75, 3.05) is 0 Å². The first kappa shape index (κ1) is 10.8. The van der Waals surface area contributed by atoms with Crippen molar-refractivity contribution in [1.82, 2.24) is 0 Å². The number of nitrogens with two attached hydrogens (primary N) is 1. The molecule has 0 bridgehead atoms. The van der Waals surface area contributed by atoms with Gasteiger partial charge in [0.15, 0.2) is 0 Å². The maximum atomic E-state index is 10.4. The highest BCUT2D eigenvalue weighted by molar-refractivity contribution is 5.91. The van der Waals surface area contributed by atoms with Crippen LogP contribution >= 0.6 is 0 Å². The van der Waals surface area contributed by atoms with E-state index in [2.05, 4.69) is 0 Å². The third kappa shape index (κ3) is 2.78. The SMILES string of the molecule is CC.NC1=CCCC=C1C(=O)O. The minimum absolute atomic E-state index is 0.242. The molecule has 0 aliphatic heterocycles. The van der Waals surface area contributed by atoms with Crippen LogP contribution in [0.4, 0.5) is 0 Å². The summed E-state index contributed by atoms with van der Waals surface area (Å²) in [5.41, 5.74) is 6.02. The van der Waals surface area contributed by atoms with Gasteiger partial charge in [-0.3, -0.25) is 0 Å². The van der Waals surface area contributed by atoms with Crippen LogP contribution in [0, 0.1) is 0 Å². The highest BCUT2D eigenvalue weighted by Gasteiger charge is 2.11. The van der Waals surface area contributed by atoms with E-state index in [1.54, 1.807) is 12.2 Å². The monoisotopic (exact) mass is 169 g/mol. The van der Waals surface area contributed by atoms with Gasteiger partial charge in [0, 0.05) is 5.70 Å². The number of carboxylic acids is 1. The molecule has 0 aromatic rings. The van der Waals surface area contributed by atoms with E-state index in [0.717, 1.165) is 12.8 Å². The van der Waals surface area contributed by atoms with Crippen LogP contribution in [-0.4, -0.2) is 11.1 Å². The van der Waals surface area contributed by atoms with E-state index in [4.69, 9.17) is 10.8 Å². The lowest BCUT2D eigenvalue weighted by atomic mass is 10.0. The smallest absolute Gasteiger partial charge is 0.337 e. The predicted molar refractivity (Wildman–Crippen MR) is 48.6 cm³/mol. The average Bonchev–Trinajstić information content (AvgIpc) is 2.08. The minimum atomic E-state index is -0.937. The molecule has 12 heavy (non-hydrogen) atoms. The molecular weight excluding hydrogens is 154 g/mol. The van der Waals surface area contributed by atoms with Crippen molar-refractivity contribution in [3.05, 3.63) is 23.4 Å². The Morgan fingerprint density at radius 3 is 2.25 bits per heavy atom. The quantitative estimate of drug-likeness (QED) is 0.627. The third-order valence-electron chi connectivity index (χ3n) is 1.42. The van der Waals surface area contributed by atoms with Crippen LogP contribution in [0.1, 0.15) is 26.7 Å². The van der Waals surface area contributed by atoms with Crippen molar-refractivity contribution in [3.8, 4) is 0 Å². The topological polar surface area (TPSA) is 63.3 Å². The molecule has 3 heteroatoms. The fraction of sp³-hybridized carbons (Fsp3) is 0.444. The first-order chi connectivity index (χ1) is 5.72. The van der Waals surface area contributed by atoms with Crippen LogP contribution in [0.3, 0.4) is 0 Å². The molecule has 0 heterocycles. The molecule has 0 saturated carbocycles. The van der Waals surface area contributed by atoms with Gasteiger partial charge in [-0.1, -0.05) is 26.0 Å². The van der Waals surface area contributed by atoms with Crippen LogP contribution in [0.15, 0.2) is 23.4 Å². The molecule has 3 nitrogen and oxygen atoms in total. The number of hydrogen-bond acceptors (Lipinski definition) is 2. The van der Waals surface area contributed by atoms with Crippen molar-refractivity contribution < 1.29 is 9.90 Å². The van der Waals surface area contributed by atoms with Gasteiger partial charge in [0.1, 0.15) is 0 Å². The van der Waals surface area contributed by atoms with Crippen molar-refractivity contribution in [3.63, 3.8) is 0 Å². The van der Waals surface area contributed by atoms with Crippen molar-refractivity contribution in [2.45, 2.75) is 26.7 Å². The molecular formula is C9H15NO2. The molecule has 1 aliphatic carbocycles. The summed E-state index contributed by atoms with van der Waals surface area (Å²) in [5, 5.41) is 8.52. The molecule has 68 valence electrons. The first-order valence-corrected chi connectivity index (χ1v) is 4.11. The Bertz CT molecular complexity index is 217. The van der Waals surface area contributed by atoms with Gasteiger partial charge in [-0.05, 0) is 12.8 Å². The Morgan fingerprint density at radius 1 is 1.42 bits per heavy atom.